The van der Waals surface area contributed by atoms with Gasteiger partial charge in [0.25, 0.3) is 0 Å². The van der Waals surface area contributed by atoms with E-state index in [0.29, 0.717) is 6.54 Å². The number of nitrogens with zero attached hydrogens (tertiary/aromatic N) is 2. The number of carbonyl (C=O) groups is 1. The summed E-state index contributed by atoms with van der Waals surface area (Å²) in [7, 11) is 1.93. The van der Waals surface area contributed by atoms with Crippen molar-refractivity contribution in [2.24, 2.45) is 12.1 Å². The van der Waals surface area contributed by atoms with E-state index in [1.807, 2.05) is 42.8 Å². The SMILES string of the molecule is CCNC(=O)NN=c1sc2ccccc2n1C. The topological polar surface area (TPSA) is 58.4 Å². The van der Waals surface area contributed by atoms with E-state index >= 15 is 0 Å². The van der Waals surface area contributed by atoms with Gasteiger partial charge in [-0.3, -0.25) is 0 Å². The number of rotatable bonds is 2. The van der Waals surface area contributed by atoms with Crippen LogP contribution in [0.5, 0.6) is 0 Å². The second kappa shape index (κ2) is 5.01. The molecule has 0 aliphatic carbocycles. The minimum absolute atomic E-state index is 0.287. The highest BCUT2D eigenvalue weighted by atomic mass is 32.1. The second-order valence-electron chi connectivity index (χ2n) is 3.49. The lowest BCUT2D eigenvalue weighted by atomic mass is 10.3. The number of hydrogen-bond donors (Lipinski definition) is 2. The van der Waals surface area contributed by atoms with Crippen LogP contribution in [0.1, 0.15) is 6.92 Å². The van der Waals surface area contributed by atoms with Gasteiger partial charge in [0.2, 0.25) is 4.80 Å². The van der Waals surface area contributed by atoms with E-state index < -0.39 is 0 Å². The molecule has 0 fully saturated rings. The van der Waals surface area contributed by atoms with Crippen LogP contribution in [-0.4, -0.2) is 17.1 Å². The fourth-order valence-electron chi connectivity index (χ4n) is 1.49. The zero-order valence-corrected chi connectivity index (χ0v) is 10.5. The summed E-state index contributed by atoms with van der Waals surface area (Å²) < 4.78 is 3.10. The minimum Gasteiger partial charge on any atom is -0.337 e. The summed E-state index contributed by atoms with van der Waals surface area (Å²) in [5.41, 5.74) is 3.57. The van der Waals surface area contributed by atoms with Crippen molar-refractivity contribution in [3.05, 3.63) is 29.1 Å². The Balaban J connectivity index is 2.32. The van der Waals surface area contributed by atoms with E-state index in [2.05, 4.69) is 15.8 Å². The third kappa shape index (κ3) is 2.47. The highest BCUT2D eigenvalue weighted by Gasteiger charge is 2.01. The molecule has 90 valence electrons. The Morgan fingerprint density at radius 1 is 1.47 bits per heavy atom. The molecule has 2 aromatic rings. The summed E-state index contributed by atoms with van der Waals surface area (Å²) in [5, 5.41) is 6.70. The van der Waals surface area contributed by atoms with Crippen LogP contribution in [0.3, 0.4) is 0 Å². The van der Waals surface area contributed by atoms with E-state index in [1.54, 1.807) is 0 Å². The van der Waals surface area contributed by atoms with Crippen LogP contribution in [0.2, 0.25) is 0 Å². The number of para-hydroxylation sites is 1. The molecule has 0 spiro atoms. The Bertz CT molecular complexity index is 599. The lowest BCUT2D eigenvalue weighted by molar-refractivity contribution is 0.241. The van der Waals surface area contributed by atoms with Gasteiger partial charge in [-0.2, -0.15) is 0 Å². The number of hydrogen-bond acceptors (Lipinski definition) is 3. The van der Waals surface area contributed by atoms with E-state index in [-0.39, 0.29) is 6.03 Å². The number of urea groups is 1. The number of thiazole rings is 1. The molecule has 0 aliphatic heterocycles. The van der Waals surface area contributed by atoms with Crippen molar-refractivity contribution >= 4 is 27.6 Å². The number of amides is 2. The first-order valence-electron chi connectivity index (χ1n) is 5.34. The average molecular weight is 250 g/mol. The molecule has 2 amide bonds. The fourth-order valence-corrected chi connectivity index (χ4v) is 2.47. The first-order valence-corrected chi connectivity index (χ1v) is 6.16. The van der Waals surface area contributed by atoms with Gasteiger partial charge < -0.3 is 9.88 Å². The van der Waals surface area contributed by atoms with E-state index in [1.165, 1.54) is 11.3 Å². The number of nitrogens with one attached hydrogen (secondary N) is 2. The van der Waals surface area contributed by atoms with Gasteiger partial charge in [-0.05, 0) is 19.1 Å². The van der Waals surface area contributed by atoms with Crippen molar-refractivity contribution in [3.8, 4) is 0 Å². The van der Waals surface area contributed by atoms with Gasteiger partial charge in [0.05, 0.1) is 10.2 Å². The fraction of sp³-hybridized carbons (Fsp3) is 0.273. The number of aromatic nitrogens is 1. The molecule has 0 radical (unpaired) electrons. The number of carbonyl (C=O) groups excluding carboxylic acids is 1. The summed E-state index contributed by atoms with van der Waals surface area (Å²) in [6.07, 6.45) is 0. The summed E-state index contributed by atoms with van der Waals surface area (Å²) in [6.45, 7) is 2.44. The molecule has 2 N–H and O–H groups in total. The Kier molecular flexibility index (Phi) is 3.43. The Morgan fingerprint density at radius 2 is 2.24 bits per heavy atom. The van der Waals surface area contributed by atoms with Gasteiger partial charge in [0.1, 0.15) is 0 Å². The van der Waals surface area contributed by atoms with Crippen LogP contribution in [0.4, 0.5) is 4.79 Å². The Labute approximate surface area is 103 Å². The molecule has 5 nitrogen and oxygen atoms in total. The van der Waals surface area contributed by atoms with Crippen molar-refractivity contribution in [3.63, 3.8) is 0 Å². The number of benzene rings is 1. The monoisotopic (exact) mass is 250 g/mol. The Morgan fingerprint density at radius 3 is 2.94 bits per heavy atom. The molecule has 1 heterocycles. The van der Waals surface area contributed by atoms with E-state index in [0.717, 1.165) is 15.0 Å². The quantitative estimate of drug-likeness (QED) is 0.777. The maximum atomic E-state index is 11.2. The molecule has 1 aromatic heterocycles. The van der Waals surface area contributed by atoms with Gasteiger partial charge in [0.15, 0.2) is 0 Å². The molecule has 0 saturated heterocycles. The highest BCUT2D eigenvalue weighted by Crippen LogP contribution is 2.14. The molecule has 0 bridgehead atoms. The summed E-state index contributed by atoms with van der Waals surface area (Å²) in [5.74, 6) is 0. The van der Waals surface area contributed by atoms with Crippen LogP contribution < -0.4 is 15.5 Å². The van der Waals surface area contributed by atoms with E-state index in [4.69, 9.17) is 0 Å². The maximum absolute atomic E-state index is 11.2. The van der Waals surface area contributed by atoms with Crippen LogP contribution >= 0.6 is 11.3 Å². The average Bonchev–Trinajstić information content (AvgIpc) is 2.65. The van der Waals surface area contributed by atoms with Crippen molar-refractivity contribution in [1.29, 1.82) is 0 Å². The van der Waals surface area contributed by atoms with Gasteiger partial charge in [0, 0.05) is 13.6 Å². The van der Waals surface area contributed by atoms with Gasteiger partial charge in [-0.1, -0.05) is 23.5 Å². The smallest absolute Gasteiger partial charge is 0.335 e. The normalized spacial score (nSPS) is 11.8. The van der Waals surface area contributed by atoms with Gasteiger partial charge in [-0.25, -0.2) is 10.2 Å². The van der Waals surface area contributed by atoms with Crippen molar-refractivity contribution in [2.45, 2.75) is 6.92 Å². The molecule has 1 aromatic carbocycles. The highest BCUT2D eigenvalue weighted by molar-refractivity contribution is 7.16. The standard InChI is InChI=1S/C11H14N4OS/c1-3-12-10(16)13-14-11-15(2)8-6-4-5-7-9(8)17-11/h4-7H,3H2,1-2H3,(H2,12,13,16). The lowest BCUT2D eigenvalue weighted by Gasteiger charge is -1.98. The van der Waals surface area contributed by atoms with Crippen LogP contribution in [0.25, 0.3) is 10.2 Å². The third-order valence-corrected chi connectivity index (χ3v) is 3.42. The summed E-state index contributed by atoms with van der Waals surface area (Å²) in [6, 6.07) is 7.74. The van der Waals surface area contributed by atoms with Gasteiger partial charge in [-0.15, -0.1) is 5.10 Å². The maximum Gasteiger partial charge on any atom is 0.335 e. The summed E-state index contributed by atoms with van der Waals surface area (Å²) in [4.78, 5) is 12.0. The minimum atomic E-state index is -0.287. The molecule has 17 heavy (non-hydrogen) atoms. The first-order chi connectivity index (χ1) is 8.22. The van der Waals surface area contributed by atoms with Crippen LogP contribution in [0, 0.1) is 0 Å². The molecule has 0 atom stereocenters. The Hall–Kier alpha value is -1.82. The van der Waals surface area contributed by atoms with Crippen molar-refractivity contribution in [1.82, 2.24) is 15.3 Å². The largest absolute Gasteiger partial charge is 0.337 e. The number of fused-ring (bicyclic) bond motifs is 1. The molecular weight excluding hydrogens is 236 g/mol. The van der Waals surface area contributed by atoms with E-state index in [9.17, 15) is 4.79 Å². The second-order valence-corrected chi connectivity index (χ2v) is 4.50. The van der Waals surface area contributed by atoms with Crippen LogP contribution in [-0.2, 0) is 7.05 Å². The molecule has 0 aliphatic rings. The molecule has 0 unspecified atom stereocenters. The number of aryl methyl sites for hydroxylation is 1. The van der Waals surface area contributed by atoms with Crippen molar-refractivity contribution in [2.75, 3.05) is 6.54 Å². The lowest BCUT2D eigenvalue weighted by Crippen LogP contribution is -2.33. The van der Waals surface area contributed by atoms with Crippen molar-refractivity contribution < 1.29 is 4.79 Å². The molecule has 6 heteroatoms. The third-order valence-electron chi connectivity index (χ3n) is 2.31. The molecule has 2 rings (SSSR count). The zero-order chi connectivity index (χ0) is 12.3. The predicted octanol–water partition coefficient (Wildman–Crippen LogP) is 1.37. The summed E-state index contributed by atoms with van der Waals surface area (Å²) >= 11 is 1.54. The molecular formula is C11H14N4OS. The predicted molar refractivity (Wildman–Crippen MR) is 68.6 cm³/mol. The zero-order valence-electron chi connectivity index (χ0n) is 9.73. The van der Waals surface area contributed by atoms with Crippen LogP contribution in [0.15, 0.2) is 29.4 Å². The first kappa shape index (κ1) is 11.7. The van der Waals surface area contributed by atoms with Gasteiger partial charge >= 0.3 is 6.03 Å². The molecule has 0 saturated carbocycles.